The molecule has 0 saturated carbocycles. The number of hydrogen-bond donors (Lipinski definition) is 3. The number of anilines is 1. The van der Waals surface area contributed by atoms with Crippen molar-refractivity contribution in [1.82, 2.24) is 5.32 Å². The van der Waals surface area contributed by atoms with Gasteiger partial charge in [-0.2, -0.15) is 0 Å². The van der Waals surface area contributed by atoms with Gasteiger partial charge in [-0.05, 0) is 28.1 Å². The molecule has 1 atom stereocenters. The molecule has 9 heteroatoms. The van der Waals surface area contributed by atoms with Crippen LogP contribution in [0.1, 0.15) is 6.92 Å². The van der Waals surface area contributed by atoms with Gasteiger partial charge in [-0.15, -0.1) is 0 Å². The lowest BCUT2D eigenvalue weighted by molar-refractivity contribution is -0.385. The number of nitro groups is 1. The van der Waals surface area contributed by atoms with Gasteiger partial charge in [0.25, 0.3) is 5.69 Å². The number of hydrogen-bond acceptors (Lipinski definition) is 4. The summed E-state index contributed by atoms with van der Waals surface area (Å²) in [4.78, 5) is 32.2. The van der Waals surface area contributed by atoms with Crippen LogP contribution in [0.25, 0.3) is 0 Å². The minimum absolute atomic E-state index is 0.0419. The standard InChI is InChI=1S/C11H12BrN3O5/c1-6(10(16)17)5-13-11(18)14-7-2-3-8(12)9(4-7)15(19)20/h2-4,6H,5H2,1H3,(H,16,17)(H2,13,14,18). The molecule has 0 aliphatic carbocycles. The third-order valence-corrected chi connectivity index (χ3v) is 3.06. The molecule has 1 aromatic rings. The highest BCUT2D eigenvalue weighted by atomic mass is 79.9. The molecule has 108 valence electrons. The molecule has 0 aromatic heterocycles. The van der Waals surface area contributed by atoms with Crippen molar-refractivity contribution in [2.75, 3.05) is 11.9 Å². The summed E-state index contributed by atoms with van der Waals surface area (Å²) in [5.74, 6) is -1.75. The van der Waals surface area contributed by atoms with Crippen LogP contribution < -0.4 is 10.6 Å². The Morgan fingerprint density at radius 1 is 1.50 bits per heavy atom. The summed E-state index contributed by atoms with van der Waals surface area (Å²) in [6.07, 6.45) is 0. The first-order valence-electron chi connectivity index (χ1n) is 5.53. The van der Waals surface area contributed by atoms with E-state index >= 15 is 0 Å². The molecular formula is C11H12BrN3O5. The smallest absolute Gasteiger partial charge is 0.319 e. The third-order valence-electron chi connectivity index (χ3n) is 2.39. The predicted octanol–water partition coefficient (Wildman–Crippen LogP) is 2.20. The molecule has 8 nitrogen and oxygen atoms in total. The molecule has 0 bridgehead atoms. The van der Waals surface area contributed by atoms with Crippen LogP contribution >= 0.6 is 15.9 Å². The van der Waals surface area contributed by atoms with Crippen molar-refractivity contribution >= 4 is 39.3 Å². The van der Waals surface area contributed by atoms with Crippen LogP contribution in [0.3, 0.4) is 0 Å². The van der Waals surface area contributed by atoms with Gasteiger partial charge in [0.05, 0.1) is 15.3 Å². The average Bonchev–Trinajstić information content (AvgIpc) is 2.37. The number of aliphatic carboxylic acids is 1. The number of amides is 2. The minimum atomic E-state index is -1.02. The fraction of sp³-hybridized carbons (Fsp3) is 0.273. The van der Waals surface area contributed by atoms with E-state index in [2.05, 4.69) is 26.6 Å². The highest BCUT2D eigenvalue weighted by molar-refractivity contribution is 9.10. The van der Waals surface area contributed by atoms with Crippen molar-refractivity contribution in [2.45, 2.75) is 6.92 Å². The molecule has 0 saturated heterocycles. The zero-order valence-corrected chi connectivity index (χ0v) is 12.0. The molecule has 0 radical (unpaired) electrons. The van der Waals surface area contributed by atoms with E-state index in [-0.39, 0.29) is 17.9 Å². The first-order chi connectivity index (χ1) is 9.31. The second kappa shape index (κ2) is 6.85. The van der Waals surface area contributed by atoms with Crippen molar-refractivity contribution in [2.24, 2.45) is 5.92 Å². The number of carbonyl (C=O) groups is 2. The van der Waals surface area contributed by atoms with E-state index in [1.54, 1.807) is 0 Å². The van der Waals surface area contributed by atoms with E-state index in [1.165, 1.54) is 25.1 Å². The maximum atomic E-state index is 11.5. The summed E-state index contributed by atoms with van der Waals surface area (Å²) in [6.45, 7) is 1.41. The number of halogens is 1. The summed E-state index contributed by atoms with van der Waals surface area (Å²) in [6, 6.07) is 3.49. The van der Waals surface area contributed by atoms with E-state index in [0.29, 0.717) is 4.47 Å². The Morgan fingerprint density at radius 3 is 2.70 bits per heavy atom. The second-order valence-corrected chi connectivity index (χ2v) is 4.85. The Bertz CT molecular complexity index is 549. The van der Waals surface area contributed by atoms with Gasteiger partial charge in [0.2, 0.25) is 0 Å². The minimum Gasteiger partial charge on any atom is -0.481 e. The molecule has 0 aliphatic rings. The van der Waals surface area contributed by atoms with Gasteiger partial charge >= 0.3 is 12.0 Å². The first-order valence-corrected chi connectivity index (χ1v) is 6.32. The van der Waals surface area contributed by atoms with Gasteiger partial charge in [0.1, 0.15) is 0 Å². The number of nitro benzene ring substituents is 1. The van der Waals surface area contributed by atoms with Crippen molar-refractivity contribution in [3.8, 4) is 0 Å². The number of carbonyl (C=O) groups excluding carboxylic acids is 1. The topological polar surface area (TPSA) is 122 Å². The zero-order valence-electron chi connectivity index (χ0n) is 10.4. The average molecular weight is 346 g/mol. The molecule has 3 N–H and O–H groups in total. The highest BCUT2D eigenvalue weighted by Crippen LogP contribution is 2.27. The van der Waals surface area contributed by atoms with Crippen LogP contribution in [-0.2, 0) is 4.79 Å². The van der Waals surface area contributed by atoms with Gasteiger partial charge < -0.3 is 15.7 Å². The fourth-order valence-electron chi connectivity index (χ4n) is 1.24. The third kappa shape index (κ3) is 4.50. The van der Waals surface area contributed by atoms with E-state index < -0.39 is 22.8 Å². The van der Waals surface area contributed by atoms with Crippen LogP contribution in [0.5, 0.6) is 0 Å². The van der Waals surface area contributed by atoms with Crippen molar-refractivity contribution in [1.29, 1.82) is 0 Å². The maximum Gasteiger partial charge on any atom is 0.319 e. The Balaban J connectivity index is 2.65. The monoisotopic (exact) mass is 345 g/mol. The molecule has 0 heterocycles. The summed E-state index contributed by atoms with van der Waals surface area (Å²) in [5, 5.41) is 24.1. The van der Waals surface area contributed by atoms with Crippen LogP contribution in [-0.4, -0.2) is 28.6 Å². The summed E-state index contributed by atoms with van der Waals surface area (Å²) in [7, 11) is 0. The molecule has 0 spiro atoms. The number of nitrogens with zero attached hydrogens (tertiary/aromatic N) is 1. The van der Waals surface area contributed by atoms with Gasteiger partial charge in [-0.1, -0.05) is 6.92 Å². The SMILES string of the molecule is CC(CNC(=O)Nc1ccc(Br)c([N+](=O)[O-])c1)C(=O)O. The van der Waals surface area contributed by atoms with Crippen LogP contribution in [0, 0.1) is 16.0 Å². The molecule has 0 fully saturated rings. The number of carboxylic acids is 1. The Kier molecular flexibility index (Phi) is 5.44. The van der Waals surface area contributed by atoms with Crippen LogP contribution in [0.15, 0.2) is 22.7 Å². The van der Waals surface area contributed by atoms with Crippen LogP contribution in [0.4, 0.5) is 16.2 Å². The van der Waals surface area contributed by atoms with Gasteiger partial charge in [0.15, 0.2) is 0 Å². The second-order valence-electron chi connectivity index (χ2n) is 4.00. The molecule has 0 aliphatic heterocycles. The van der Waals surface area contributed by atoms with Gasteiger partial charge in [-0.3, -0.25) is 14.9 Å². The Hall–Kier alpha value is -2.16. The first kappa shape index (κ1) is 15.9. The van der Waals surface area contributed by atoms with Crippen molar-refractivity contribution in [3.63, 3.8) is 0 Å². The van der Waals surface area contributed by atoms with Crippen molar-refractivity contribution in [3.05, 3.63) is 32.8 Å². The normalized spacial score (nSPS) is 11.5. The number of rotatable bonds is 5. The molecular weight excluding hydrogens is 334 g/mol. The summed E-state index contributed by atoms with van der Waals surface area (Å²) < 4.78 is 0.299. The quantitative estimate of drug-likeness (QED) is 0.557. The Morgan fingerprint density at radius 2 is 2.15 bits per heavy atom. The predicted molar refractivity (Wildman–Crippen MR) is 74.6 cm³/mol. The van der Waals surface area contributed by atoms with E-state index in [4.69, 9.17) is 5.11 Å². The molecule has 2 amide bonds. The summed E-state index contributed by atoms with van der Waals surface area (Å²) in [5.41, 5.74) is 0.0575. The van der Waals surface area contributed by atoms with E-state index in [9.17, 15) is 19.7 Å². The Labute approximate surface area is 122 Å². The molecule has 1 unspecified atom stereocenters. The largest absolute Gasteiger partial charge is 0.481 e. The lowest BCUT2D eigenvalue weighted by atomic mass is 10.2. The lowest BCUT2D eigenvalue weighted by Gasteiger charge is -2.10. The van der Waals surface area contributed by atoms with Crippen molar-refractivity contribution < 1.29 is 19.6 Å². The number of urea groups is 1. The molecule has 20 heavy (non-hydrogen) atoms. The van der Waals surface area contributed by atoms with Crippen LogP contribution in [0.2, 0.25) is 0 Å². The zero-order chi connectivity index (χ0) is 15.3. The maximum absolute atomic E-state index is 11.5. The lowest BCUT2D eigenvalue weighted by Crippen LogP contribution is -2.34. The number of carboxylic acid groups (broad SMARTS) is 1. The number of nitrogens with one attached hydrogen (secondary N) is 2. The molecule has 1 rings (SSSR count). The summed E-state index contributed by atoms with van der Waals surface area (Å²) >= 11 is 3.03. The number of benzene rings is 1. The highest BCUT2D eigenvalue weighted by Gasteiger charge is 2.15. The van der Waals surface area contributed by atoms with E-state index in [1.807, 2.05) is 0 Å². The van der Waals surface area contributed by atoms with Gasteiger partial charge in [0, 0.05) is 18.3 Å². The van der Waals surface area contributed by atoms with E-state index in [0.717, 1.165) is 0 Å². The fourth-order valence-corrected chi connectivity index (χ4v) is 1.63. The van der Waals surface area contributed by atoms with Gasteiger partial charge in [-0.25, -0.2) is 4.79 Å². The molecule has 1 aromatic carbocycles.